The molecule has 17 heavy (non-hydrogen) atoms. The SMILES string of the molecule is C=C(C)C=Cc1ccccc1C(C)(C)N=C=O. The monoisotopic (exact) mass is 227 g/mol. The van der Waals surface area contributed by atoms with E-state index in [-0.39, 0.29) is 0 Å². The predicted octanol–water partition coefficient (Wildman–Crippen LogP) is 3.85. The van der Waals surface area contributed by atoms with E-state index in [1.54, 1.807) is 6.08 Å². The minimum absolute atomic E-state index is 0.558. The predicted molar refractivity (Wildman–Crippen MR) is 71.4 cm³/mol. The molecule has 0 atom stereocenters. The van der Waals surface area contributed by atoms with Crippen molar-refractivity contribution in [2.24, 2.45) is 4.99 Å². The highest BCUT2D eigenvalue weighted by atomic mass is 16.1. The Balaban J connectivity index is 3.25. The van der Waals surface area contributed by atoms with Crippen LogP contribution < -0.4 is 0 Å². The molecule has 0 aliphatic carbocycles. The van der Waals surface area contributed by atoms with Gasteiger partial charge in [0.25, 0.3) is 0 Å². The van der Waals surface area contributed by atoms with Gasteiger partial charge >= 0.3 is 0 Å². The second-order valence-corrected chi connectivity index (χ2v) is 4.53. The maximum atomic E-state index is 10.4. The Morgan fingerprint density at radius 2 is 2.06 bits per heavy atom. The maximum Gasteiger partial charge on any atom is 0.235 e. The molecule has 0 amide bonds. The zero-order chi connectivity index (χ0) is 12.9. The van der Waals surface area contributed by atoms with Gasteiger partial charge in [0.1, 0.15) is 0 Å². The first-order chi connectivity index (χ1) is 7.97. The van der Waals surface area contributed by atoms with E-state index >= 15 is 0 Å². The second kappa shape index (κ2) is 5.42. The largest absolute Gasteiger partial charge is 0.235 e. The Morgan fingerprint density at radius 3 is 2.65 bits per heavy atom. The van der Waals surface area contributed by atoms with Crippen LogP contribution in [0.3, 0.4) is 0 Å². The number of rotatable bonds is 4. The van der Waals surface area contributed by atoms with Crippen LogP contribution >= 0.6 is 0 Å². The van der Waals surface area contributed by atoms with E-state index in [1.807, 2.05) is 57.2 Å². The van der Waals surface area contributed by atoms with Gasteiger partial charge in [-0.1, -0.05) is 48.6 Å². The summed E-state index contributed by atoms with van der Waals surface area (Å²) in [6, 6.07) is 7.87. The highest BCUT2D eigenvalue weighted by Gasteiger charge is 2.21. The zero-order valence-corrected chi connectivity index (χ0v) is 10.5. The number of hydrogen-bond acceptors (Lipinski definition) is 2. The van der Waals surface area contributed by atoms with Crippen molar-refractivity contribution in [1.29, 1.82) is 0 Å². The number of carbonyl (C=O) groups excluding carboxylic acids is 1. The summed E-state index contributed by atoms with van der Waals surface area (Å²) in [6.45, 7) is 9.55. The van der Waals surface area contributed by atoms with Gasteiger partial charge < -0.3 is 0 Å². The molecular formula is C15H17NO. The van der Waals surface area contributed by atoms with Crippen molar-refractivity contribution in [2.75, 3.05) is 0 Å². The summed E-state index contributed by atoms with van der Waals surface area (Å²) in [5.41, 5.74) is 2.47. The standard InChI is InChI=1S/C15H17NO/c1-12(2)9-10-13-7-5-6-8-14(13)15(3,4)16-11-17/h5-10H,1H2,2-4H3. The fraction of sp³-hybridized carbons (Fsp3) is 0.267. The molecule has 0 bridgehead atoms. The fourth-order valence-corrected chi connectivity index (χ4v) is 1.61. The first-order valence-corrected chi connectivity index (χ1v) is 5.49. The smallest absolute Gasteiger partial charge is 0.211 e. The van der Waals surface area contributed by atoms with Crippen LogP contribution in [0.15, 0.2) is 47.5 Å². The summed E-state index contributed by atoms with van der Waals surface area (Å²) in [4.78, 5) is 14.3. The lowest BCUT2D eigenvalue weighted by Crippen LogP contribution is -2.14. The minimum atomic E-state index is -0.558. The topological polar surface area (TPSA) is 29.4 Å². The molecule has 88 valence electrons. The summed E-state index contributed by atoms with van der Waals surface area (Å²) in [5.74, 6) is 0. The van der Waals surface area contributed by atoms with Gasteiger partial charge in [0.2, 0.25) is 6.08 Å². The van der Waals surface area contributed by atoms with Crippen LogP contribution in [0, 0.1) is 0 Å². The number of isocyanates is 1. The molecule has 0 radical (unpaired) electrons. The van der Waals surface area contributed by atoms with E-state index in [1.165, 1.54) is 0 Å². The van der Waals surface area contributed by atoms with E-state index in [0.717, 1.165) is 16.7 Å². The van der Waals surface area contributed by atoms with Gasteiger partial charge in [-0.25, -0.2) is 4.79 Å². The molecule has 0 saturated heterocycles. The second-order valence-electron chi connectivity index (χ2n) is 4.53. The molecule has 1 rings (SSSR count). The van der Waals surface area contributed by atoms with Crippen LogP contribution in [-0.2, 0) is 10.3 Å². The third kappa shape index (κ3) is 3.54. The average Bonchev–Trinajstić information content (AvgIpc) is 2.26. The van der Waals surface area contributed by atoms with E-state index in [4.69, 9.17) is 0 Å². The highest BCUT2D eigenvalue weighted by Crippen LogP contribution is 2.28. The lowest BCUT2D eigenvalue weighted by atomic mass is 9.90. The normalized spacial score (nSPS) is 11.2. The third-order valence-corrected chi connectivity index (χ3v) is 2.49. The molecule has 0 fully saturated rings. The summed E-state index contributed by atoms with van der Waals surface area (Å²) in [7, 11) is 0. The number of allylic oxidation sites excluding steroid dienone is 2. The summed E-state index contributed by atoms with van der Waals surface area (Å²) in [5, 5.41) is 0. The molecule has 0 spiro atoms. The van der Waals surface area contributed by atoms with Gasteiger partial charge in [0.15, 0.2) is 0 Å². The van der Waals surface area contributed by atoms with Crippen LogP contribution in [-0.4, -0.2) is 6.08 Å². The quantitative estimate of drug-likeness (QED) is 0.436. The summed E-state index contributed by atoms with van der Waals surface area (Å²) >= 11 is 0. The van der Waals surface area contributed by atoms with Gasteiger partial charge in [-0.05, 0) is 31.9 Å². The van der Waals surface area contributed by atoms with Crippen LogP contribution in [0.5, 0.6) is 0 Å². The first kappa shape index (κ1) is 13.1. The van der Waals surface area contributed by atoms with Crippen LogP contribution in [0.4, 0.5) is 0 Å². The van der Waals surface area contributed by atoms with E-state index in [0.29, 0.717) is 0 Å². The molecule has 0 heterocycles. The number of nitrogens with zero attached hydrogens (tertiary/aromatic N) is 1. The van der Waals surface area contributed by atoms with Gasteiger partial charge in [-0.2, -0.15) is 4.99 Å². The van der Waals surface area contributed by atoms with E-state index in [2.05, 4.69) is 11.6 Å². The first-order valence-electron chi connectivity index (χ1n) is 5.49. The average molecular weight is 227 g/mol. The molecule has 0 aromatic heterocycles. The Labute approximate surface area is 102 Å². The van der Waals surface area contributed by atoms with Crippen molar-refractivity contribution in [3.8, 4) is 0 Å². The molecule has 0 aliphatic rings. The lowest BCUT2D eigenvalue weighted by molar-refractivity contribution is 0.522. The molecule has 2 nitrogen and oxygen atoms in total. The lowest BCUT2D eigenvalue weighted by Gasteiger charge is -2.20. The molecule has 0 saturated carbocycles. The van der Waals surface area contributed by atoms with Crippen LogP contribution in [0.25, 0.3) is 6.08 Å². The van der Waals surface area contributed by atoms with E-state index in [9.17, 15) is 4.79 Å². The van der Waals surface area contributed by atoms with E-state index < -0.39 is 5.54 Å². The molecule has 0 unspecified atom stereocenters. The van der Waals surface area contributed by atoms with Crippen molar-refractivity contribution in [3.05, 3.63) is 53.6 Å². The Kier molecular flexibility index (Phi) is 4.19. The van der Waals surface area contributed by atoms with Gasteiger partial charge in [-0.3, -0.25) is 0 Å². The Bertz CT molecular complexity index is 491. The van der Waals surface area contributed by atoms with Gasteiger partial charge in [-0.15, -0.1) is 0 Å². The van der Waals surface area contributed by atoms with Crippen LogP contribution in [0.2, 0.25) is 0 Å². The van der Waals surface area contributed by atoms with Crippen molar-refractivity contribution in [2.45, 2.75) is 26.3 Å². The summed E-state index contributed by atoms with van der Waals surface area (Å²) in [6.07, 6.45) is 5.56. The number of hydrogen-bond donors (Lipinski definition) is 0. The number of benzene rings is 1. The molecule has 2 heteroatoms. The number of aliphatic imine (C=N–C) groups is 1. The summed E-state index contributed by atoms with van der Waals surface area (Å²) < 4.78 is 0. The van der Waals surface area contributed by atoms with Gasteiger partial charge in [0, 0.05) is 0 Å². The molecule has 0 N–H and O–H groups in total. The fourth-order valence-electron chi connectivity index (χ4n) is 1.61. The minimum Gasteiger partial charge on any atom is -0.211 e. The van der Waals surface area contributed by atoms with Crippen LogP contribution in [0.1, 0.15) is 31.9 Å². The maximum absolute atomic E-state index is 10.4. The van der Waals surface area contributed by atoms with Crippen molar-refractivity contribution in [1.82, 2.24) is 0 Å². The Hall–Kier alpha value is -1.92. The molecular weight excluding hydrogens is 210 g/mol. The Morgan fingerprint density at radius 1 is 1.41 bits per heavy atom. The van der Waals surface area contributed by atoms with Gasteiger partial charge in [0.05, 0.1) is 5.54 Å². The van der Waals surface area contributed by atoms with Crippen molar-refractivity contribution < 1.29 is 4.79 Å². The molecule has 0 aliphatic heterocycles. The highest BCUT2D eigenvalue weighted by molar-refractivity contribution is 5.58. The van der Waals surface area contributed by atoms with Crippen molar-refractivity contribution in [3.63, 3.8) is 0 Å². The molecule has 1 aromatic carbocycles. The third-order valence-electron chi connectivity index (χ3n) is 2.49. The molecule has 1 aromatic rings. The van der Waals surface area contributed by atoms with Crippen molar-refractivity contribution >= 4 is 12.2 Å². The zero-order valence-electron chi connectivity index (χ0n) is 10.5.